The summed E-state index contributed by atoms with van der Waals surface area (Å²) in [7, 11) is -2.19. The molecule has 1 fully saturated rings. The van der Waals surface area contributed by atoms with Crippen LogP contribution in [0.5, 0.6) is 5.75 Å². The molecule has 0 saturated carbocycles. The van der Waals surface area contributed by atoms with Crippen molar-refractivity contribution in [1.29, 1.82) is 0 Å². The number of carbonyl (C=O) groups excluding carboxylic acids is 2. The van der Waals surface area contributed by atoms with Crippen molar-refractivity contribution < 1.29 is 32.6 Å². The molecule has 2 aliphatic heterocycles. The summed E-state index contributed by atoms with van der Waals surface area (Å²) >= 11 is 1.15. The molecule has 226 valence electrons. The minimum Gasteiger partial charge on any atom is -0.488 e. The molecule has 0 bridgehead atoms. The minimum atomic E-state index is -3.71. The van der Waals surface area contributed by atoms with Gasteiger partial charge in [0.1, 0.15) is 16.1 Å². The zero-order chi connectivity index (χ0) is 29.6. The number of benzene rings is 1. The Labute approximate surface area is 246 Å². The first kappa shape index (κ1) is 31.4. The van der Waals surface area contributed by atoms with E-state index in [-0.39, 0.29) is 48.1 Å². The first-order valence-corrected chi connectivity index (χ1v) is 16.2. The van der Waals surface area contributed by atoms with E-state index in [1.54, 1.807) is 47.5 Å². The number of fused-ring (bicyclic) bond motifs is 1. The first-order chi connectivity index (χ1) is 19.6. The third kappa shape index (κ3) is 8.05. The van der Waals surface area contributed by atoms with Crippen molar-refractivity contribution in [3.8, 4) is 5.75 Å². The largest absolute Gasteiger partial charge is 0.488 e. The van der Waals surface area contributed by atoms with Crippen LogP contribution in [0.2, 0.25) is 0 Å². The van der Waals surface area contributed by atoms with Gasteiger partial charge >= 0.3 is 0 Å². The second-order valence-corrected chi connectivity index (χ2v) is 13.9. The lowest BCUT2D eigenvalue weighted by atomic mass is 10.0. The summed E-state index contributed by atoms with van der Waals surface area (Å²) in [5, 5.41) is 14.5. The molecule has 4 rings (SSSR count). The van der Waals surface area contributed by atoms with Crippen LogP contribution >= 0.6 is 11.3 Å². The summed E-state index contributed by atoms with van der Waals surface area (Å²) in [4.78, 5) is 29.9. The van der Waals surface area contributed by atoms with E-state index < -0.39 is 22.2 Å². The highest BCUT2D eigenvalue weighted by Crippen LogP contribution is 2.30. The maximum atomic E-state index is 13.4. The molecule has 1 aromatic heterocycles. The van der Waals surface area contributed by atoms with E-state index in [0.29, 0.717) is 43.2 Å². The van der Waals surface area contributed by atoms with Crippen LogP contribution in [0.15, 0.2) is 39.9 Å². The molecule has 0 radical (unpaired) electrons. The van der Waals surface area contributed by atoms with E-state index in [1.807, 2.05) is 6.92 Å². The number of nitrogens with one attached hydrogen (secondary N) is 1. The Morgan fingerprint density at radius 3 is 2.71 bits per heavy atom. The second kappa shape index (κ2) is 14.1. The zero-order valence-corrected chi connectivity index (χ0v) is 25.5. The molecule has 0 spiro atoms. The Balaban J connectivity index is 1.55. The number of nitrogens with zero attached hydrogens (tertiary/aromatic N) is 3. The summed E-state index contributed by atoms with van der Waals surface area (Å²) in [5.41, 5.74) is 1.13. The van der Waals surface area contributed by atoms with Gasteiger partial charge in [0.25, 0.3) is 10.0 Å². The number of sulfonamides is 1. The number of carbonyl (C=O) groups is 2. The first-order valence-electron chi connectivity index (χ1n) is 13.9. The van der Waals surface area contributed by atoms with E-state index in [1.165, 1.54) is 11.4 Å². The van der Waals surface area contributed by atoms with Gasteiger partial charge in [-0.05, 0) is 36.6 Å². The average Bonchev–Trinajstić information content (AvgIpc) is 3.52. The second-order valence-electron chi connectivity index (χ2n) is 10.7. The van der Waals surface area contributed by atoms with Gasteiger partial charge in [0.05, 0.1) is 38.8 Å². The molecule has 1 aromatic carbocycles. The van der Waals surface area contributed by atoms with Crippen LogP contribution in [0.4, 0.5) is 5.69 Å². The highest BCUT2D eigenvalue weighted by Gasteiger charge is 2.33. The summed E-state index contributed by atoms with van der Waals surface area (Å²) in [6, 6.07) is 8.02. The Bertz CT molecular complexity index is 1280. The van der Waals surface area contributed by atoms with Crippen molar-refractivity contribution in [2.24, 2.45) is 5.92 Å². The van der Waals surface area contributed by atoms with Gasteiger partial charge in [-0.3, -0.25) is 14.5 Å². The monoisotopic (exact) mass is 608 g/mol. The van der Waals surface area contributed by atoms with Gasteiger partial charge < -0.3 is 24.8 Å². The zero-order valence-electron chi connectivity index (χ0n) is 23.8. The number of aliphatic hydroxyl groups excluding tert-OH is 1. The summed E-state index contributed by atoms with van der Waals surface area (Å²) in [5.74, 6) is -0.102. The van der Waals surface area contributed by atoms with Crippen molar-refractivity contribution in [2.75, 3.05) is 64.9 Å². The van der Waals surface area contributed by atoms with Crippen molar-refractivity contribution in [2.45, 2.75) is 43.0 Å². The summed E-state index contributed by atoms with van der Waals surface area (Å²) < 4.78 is 39.6. The molecule has 1 saturated heterocycles. The molecule has 2 aliphatic rings. The van der Waals surface area contributed by atoms with Crippen molar-refractivity contribution in [1.82, 2.24) is 14.1 Å². The third-order valence-corrected chi connectivity index (χ3v) is 10.8. The molecule has 2 N–H and O–H groups in total. The maximum absolute atomic E-state index is 13.4. The normalized spacial score (nSPS) is 21.4. The number of ether oxygens (including phenoxy) is 2. The van der Waals surface area contributed by atoms with Crippen LogP contribution in [-0.4, -0.2) is 111 Å². The molecule has 11 nitrogen and oxygen atoms in total. The van der Waals surface area contributed by atoms with Gasteiger partial charge in [0, 0.05) is 56.8 Å². The van der Waals surface area contributed by atoms with E-state index >= 15 is 0 Å². The number of rotatable bonds is 10. The Hall–Kier alpha value is -2.55. The quantitative estimate of drug-likeness (QED) is 0.419. The predicted octanol–water partition coefficient (Wildman–Crippen LogP) is 1.88. The lowest BCUT2D eigenvalue weighted by Crippen LogP contribution is -2.48. The molecule has 3 heterocycles. The lowest BCUT2D eigenvalue weighted by Gasteiger charge is -2.33. The van der Waals surface area contributed by atoms with E-state index in [0.717, 1.165) is 24.4 Å². The number of hydrogen-bond acceptors (Lipinski definition) is 9. The molecule has 3 atom stereocenters. The van der Waals surface area contributed by atoms with Gasteiger partial charge in [-0.15, -0.1) is 11.3 Å². The van der Waals surface area contributed by atoms with Crippen LogP contribution < -0.4 is 10.1 Å². The fraction of sp³-hybridized carbons (Fsp3) is 0.571. The minimum absolute atomic E-state index is 0.0138. The highest BCUT2D eigenvalue weighted by molar-refractivity contribution is 7.91. The van der Waals surface area contributed by atoms with Crippen molar-refractivity contribution in [3.05, 3.63) is 41.3 Å². The van der Waals surface area contributed by atoms with E-state index in [9.17, 15) is 23.1 Å². The number of thiophene rings is 1. The number of morpholine rings is 1. The summed E-state index contributed by atoms with van der Waals surface area (Å²) in [6.45, 7) is 7.42. The predicted molar refractivity (Wildman–Crippen MR) is 157 cm³/mol. The fourth-order valence-corrected chi connectivity index (χ4v) is 7.33. The molecular weight excluding hydrogens is 568 g/mol. The molecular formula is C28H40N4O7S2. The van der Waals surface area contributed by atoms with Crippen LogP contribution in [0.25, 0.3) is 0 Å². The highest BCUT2D eigenvalue weighted by atomic mass is 32.2. The molecule has 2 aromatic rings. The van der Waals surface area contributed by atoms with Gasteiger partial charge in [-0.25, -0.2) is 8.42 Å². The number of aliphatic hydroxyl groups is 1. The fourth-order valence-electron chi connectivity index (χ4n) is 4.95. The molecule has 41 heavy (non-hydrogen) atoms. The van der Waals surface area contributed by atoms with Crippen LogP contribution in [0, 0.1) is 5.92 Å². The van der Waals surface area contributed by atoms with Gasteiger partial charge in [-0.1, -0.05) is 13.0 Å². The standard InChI is InChI=1S/C28H40N4O7S2/c1-20-17-32(21(2)19-33)27(35)16-22-15-23(29-26(34)8-9-31-10-12-38-13-11-31)6-7-24(22)39-25(20)18-30(3)41(36,37)28-5-4-14-40-28/h4-7,14-15,20-21,25,33H,8-13,16-19H2,1-3H3,(H,29,34)/t20-,21-,25-/m1/s1. The maximum Gasteiger partial charge on any atom is 0.252 e. The third-order valence-electron chi connectivity index (χ3n) is 7.56. The Morgan fingerprint density at radius 2 is 2.02 bits per heavy atom. The van der Waals surface area contributed by atoms with E-state index in [2.05, 4.69) is 10.2 Å². The lowest BCUT2D eigenvalue weighted by molar-refractivity contribution is -0.134. The van der Waals surface area contributed by atoms with Gasteiger partial charge in [0.15, 0.2) is 0 Å². The molecule has 2 amide bonds. The Kier molecular flexibility index (Phi) is 10.8. The smallest absolute Gasteiger partial charge is 0.252 e. The molecule has 0 unspecified atom stereocenters. The van der Waals surface area contributed by atoms with Crippen LogP contribution in [0.1, 0.15) is 25.8 Å². The average molecular weight is 609 g/mol. The van der Waals surface area contributed by atoms with Crippen molar-refractivity contribution >= 4 is 38.9 Å². The van der Waals surface area contributed by atoms with Crippen LogP contribution in [0.3, 0.4) is 0 Å². The van der Waals surface area contributed by atoms with Gasteiger partial charge in [0.2, 0.25) is 11.8 Å². The topological polar surface area (TPSA) is 129 Å². The number of likely N-dealkylation sites (N-methyl/N-ethyl adjacent to an activating group) is 1. The molecule has 13 heteroatoms. The number of anilines is 1. The Morgan fingerprint density at radius 1 is 1.27 bits per heavy atom. The SMILES string of the molecule is C[C@@H]1CN([C@H](C)CO)C(=O)Cc2cc(NC(=O)CCN3CCOCC3)ccc2O[C@@H]1CN(C)S(=O)(=O)c1cccs1. The molecule has 0 aliphatic carbocycles. The van der Waals surface area contributed by atoms with Gasteiger partial charge in [-0.2, -0.15) is 4.31 Å². The van der Waals surface area contributed by atoms with Crippen LogP contribution in [-0.2, 0) is 30.8 Å². The number of amides is 2. The summed E-state index contributed by atoms with van der Waals surface area (Å²) in [6.07, 6.45) is -0.236. The van der Waals surface area contributed by atoms with E-state index in [4.69, 9.17) is 9.47 Å². The number of hydrogen-bond donors (Lipinski definition) is 2. The van der Waals surface area contributed by atoms with Crippen molar-refractivity contribution in [3.63, 3.8) is 0 Å².